The zero-order chi connectivity index (χ0) is 14.8. The lowest BCUT2D eigenvalue weighted by molar-refractivity contribution is 0.595. The van der Waals surface area contributed by atoms with E-state index in [1.165, 1.54) is 12.8 Å². The molecule has 1 saturated carbocycles. The van der Waals surface area contributed by atoms with Crippen LogP contribution >= 0.6 is 0 Å². The number of hydrogen-bond donors (Lipinski definition) is 2. The van der Waals surface area contributed by atoms with Gasteiger partial charge in [-0.05, 0) is 30.5 Å². The molecule has 2 N–H and O–H groups in total. The Hall–Kier alpha value is -1.12. The van der Waals surface area contributed by atoms with Crippen LogP contribution in [-0.4, -0.2) is 34.2 Å². The molecule has 1 aliphatic rings. The molecule has 0 radical (unpaired) electrons. The quantitative estimate of drug-likeness (QED) is 0.771. The molecule has 0 atom stereocenters. The molecule has 0 bridgehead atoms. The van der Waals surface area contributed by atoms with Gasteiger partial charge in [-0.25, -0.2) is 16.8 Å². The minimum Gasteiger partial charge on any atom is -0.310 e. The van der Waals surface area contributed by atoms with Crippen LogP contribution in [-0.2, 0) is 26.4 Å². The van der Waals surface area contributed by atoms with Crippen LogP contribution < -0.4 is 10.0 Å². The van der Waals surface area contributed by atoms with E-state index in [0.717, 1.165) is 11.8 Å². The molecule has 20 heavy (non-hydrogen) atoms. The monoisotopic (exact) mass is 318 g/mol. The molecule has 0 aromatic heterocycles. The third-order valence-corrected chi connectivity index (χ3v) is 6.24. The summed E-state index contributed by atoms with van der Waals surface area (Å²) in [6.45, 7) is 0.673. The topological polar surface area (TPSA) is 92.3 Å². The van der Waals surface area contributed by atoms with Crippen LogP contribution in [0, 0.1) is 0 Å². The number of benzene rings is 1. The number of anilines is 1. The molecular weight excluding hydrogens is 300 g/mol. The maximum absolute atomic E-state index is 11.7. The minimum absolute atomic E-state index is 0.378. The van der Waals surface area contributed by atoms with Gasteiger partial charge >= 0.3 is 0 Å². The average Bonchev–Trinajstić information content (AvgIpc) is 3.06. The van der Waals surface area contributed by atoms with Gasteiger partial charge in [-0.2, -0.15) is 0 Å². The van der Waals surface area contributed by atoms with E-state index in [2.05, 4.69) is 10.0 Å². The Bertz CT molecular complexity index is 679. The van der Waals surface area contributed by atoms with Crippen LogP contribution in [0.25, 0.3) is 0 Å². The maximum atomic E-state index is 11.7. The van der Waals surface area contributed by atoms with Crippen molar-refractivity contribution in [2.24, 2.45) is 0 Å². The fourth-order valence-electron chi connectivity index (χ4n) is 1.79. The molecule has 1 aromatic carbocycles. The molecule has 6 nitrogen and oxygen atoms in total. The van der Waals surface area contributed by atoms with Crippen molar-refractivity contribution in [1.29, 1.82) is 0 Å². The van der Waals surface area contributed by atoms with Crippen LogP contribution in [0.1, 0.15) is 18.4 Å². The molecule has 0 aliphatic heterocycles. The van der Waals surface area contributed by atoms with Gasteiger partial charge in [0.2, 0.25) is 10.0 Å². The highest BCUT2D eigenvalue weighted by Gasteiger charge is 2.20. The third kappa shape index (κ3) is 5.48. The second-order valence-corrected chi connectivity index (χ2v) is 9.34. The van der Waals surface area contributed by atoms with E-state index >= 15 is 0 Å². The Morgan fingerprint density at radius 3 is 2.50 bits per heavy atom. The predicted molar refractivity (Wildman–Crippen MR) is 78.6 cm³/mol. The highest BCUT2D eigenvalue weighted by molar-refractivity contribution is 8.08. The van der Waals surface area contributed by atoms with Gasteiger partial charge in [-0.1, -0.05) is 12.1 Å². The molecule has 0 heterocycles. The zero-order valence-corrected chi connectivity index (χ0v) is 12.8. The summed E-state index contributed by atoms with van der Waals surface area (Å²) in [6.07, 6.45) is 3.25. The summed E-state index contributed by atoms with van der Waals surface area (Å²) in [7, 11) is -7.47. The average molecular weight is 318 g/mol. The highest BCUT2D eigenvalue weighted by Crippen LogP contribution is 2.20. The van der Waals surface area contributed by atoms with E-state index in [9.17, 15) is 16.8 Å². The molecular formula is C12H18N2O4S2. The van der Waals surface area contributed by atoms with E-state index < -0.39 is 24.9 Å². The van der Waals surface area contributed by atoms with Crippen molar-refractivity contribution in [1.82, 2.24) is 5.32 Å². The van der Waals surface area contributed by atoms with Crippen molar-refractivity contribution < 1.29 is 16.8 Å². The van der Waals surface area contributed by atoms with Gasteiger partial charge in [-0.15, -0.1) is 0 Å². The first-order valence-electron chi connectivity index (χ1n) is 6.24. The third-order valence-electron chi connectivity index (χ3n) is 2.74. The maximum Gasteiger partial charge on any atom is 0.247 e. The van der Waals surface area contributed by atoms with Crippen LogP contribution in [0.5, 0.6) is 0 Å². The van der Waals surface area contributed by atoms with Gasteiger partial charge in [0, 0.05) is 24.5 Å². The first-order chi connectivity index (χ1) is 9.23. The summed E-state index contributed by atoms with van der Waals surface area (Å²) in [5, 5.41) is 2.42. The molecule has 8 heteroatoms. The number of sulfone groups is 1. The van der Waals surface area contributed by atoms with Gasteiger partial charge in [0.25, 0.3) is 0 Å². The number of hydrogen-bond acceptors (Lipinski definition) is 5. The van der Waals surface area contributed by atoms with E-state index in [-0.39, 0.29) is 0 Å². The molecule has 0 saturated heterocycles. The second-order valence-electron chi connectivity index (χ2n) is 5.12. The summed E-state index contributed by atoms with van der Waals surface area (Å²) >= 11 is 0. The Labute approximate surface area is 119 Å². The van der Waals surface area contributed by atoms with E-state index in [1.807, 2.05) is 6.07 Å². The number of rotatable bonds is 7. The van der Waals surface area contributed by atoms with Gasteiger partial charge in [-0.3, -0.25) is 4.72 Å². The van der Waals surface area contributed by atoms with Crippen molar-refractivity contribution in [2.45, 2.75) is 25.4 Å². The van der Waals surface area contributed by atoms with Crippen molar-refractivity contribution in [3.05, 3.63) is 29.8 Å². The van der Waals surface area contributed by atoms with Crippen LogP contribution in [0.15, 0.2) is 24.3 Å². The van der Waals surface area contributed by atoms with Crippen molar-refractivity contribution in [3.8, 4) is 0 Å². The Balaban J connectivity index is 2.02. The van der Waals surface area contributed by atoms with Crippen molar-refractivity contribution in [3.63, 3.8) is 0 Å². The van der Waals surface area contributed by atoms with E-state index in [0.29, 0.717) is 18.3 Å². The molecule has 0 unspecified atom stereocenters. The number of sulfonamides is 1. The molecule has 1 aliphatic carbocycles. The first-order valence-corrected chi connectivity index (χ1v) is 9.95. The SMILES string of the molecule is CS(=O)(=O)CS(=O)(=O)Nc1cccc(CNC2CC2)c1. The minimum atomic E-state index is -3.89. The fourth-order valence-corrected chi connectivity index (χ4v) is 4.76. The van der Waals surface area contributed by atoms with Gasteiger partial charge in [0.15, 0.2) is 14.9 Å². The smallest absolute Gasteiger partial charge is 0.247 e. The largest absolute Gasteiger partial charge is 0.310 e. The lowest BCUT2D eigenvalue weighted by Gasteiger charge is -2.09. The molecule has 0 spiro atoms. The zero-order valence-electron chi connectivity index (χ0n) is 11.2. The van der Waals surface area contributed by atoms with Crippen LogP contribution in [0.3, 0.4) is 0 Å². The molecule has 0 amide bonds. The van der Waals surface area contributed by atoms with Crippen molar-refractivity contribution >= 4 is 25.5 Å². The Kier molecular flexibility index (Phi) is 4.36. The van der Waals surface area contributed by atoms with Gasteiger partial charge in [0.1, 0.15) is 0 Å². The summed E-state index contributed by atoms with van der Waals surface area (Å²) in [5.41, 5.74) is 1.33. The molecule has 112 valence electrons. The molecule has 1 fully saturated rings. The molecule has 2 rings (SSSR count). The molecule has 1 aromatic rings. The van der Waals surface area contributed by atoms with Gasteiger partial charge in [0.05, 0.1) is 0 Å². The lowest BCUT2D eigenvalue weighted by atomic mass is 10.2. The van der Waals surface area contributed by atoms with Crippen LogP contribution in [0.4, 0.5) is 5.69 Å². The predicted octanol–water partition coefficient (Wildman–Crippen LogP) is 0.682. The summed E-state index contributed by atoms with van der Waals surface area (Å²) in [4.78, 5) is 0. The Morgan fingerprint density at radius 2 is 1.90 bits per heavy atom. The van der Waals surface area contributed by atoms with Crippen LogP contribution in [0.2, 0.25) is 0 Å². The number of nitrogens with one attached hydrogen (secondary N) is 2. The Morgan fingerprint density at radius 1 is 1.20 bits per heavy atom. The normalized spacial score (nSPS) is 16.1. The lowest BCUT2D eigenvalue weighted by Crippen LogP contribution is -2.22. The fraction of sp³-hybridized carbons (Fsp3) is 0.500. The van der Waals surface area contributed by atoms with Gasteiger partial charge < -0.3 is 5.32 Å². The summed E-state index contributed by atoms with van der Waals surface area (Å²) < 4.78 is 47.8. The van der Waals surface area contributed by atoms with Crippen molar-refractivity contribution in [2.75, 3.05) is 16.1 Å². The highest BCUT2D eigenvalue weighted by atomic mass is 32.3. The van der Waals surface area contributed by atoms with E-state index in [4.69, 9.17) is 0 Å². The summed E-state index contributed by atoms with van der Waals surface area (Å²) in [5.74, 6) is 0. The second kappa shape index (κ2) is 5.71. The van der Waals surface area contributed by atoms with E-state index in [1.54, 1.807) is 18.2 Å². The standard InChI is InChI=1S/C12H18N2O4S2/c1-19(15,16)9-20(17,18)14-12-4-2-3-10(7-12)8-13-11-5-6-11/h2-4,7,11,13-14H,5-6,8-9H2,1H3. The summed E-state index contributed by atoms with van der Waals surface area (Å²) in [6, 6.07) is 7.50. The first kappa shape index (κ1) is 15.3.